The van der Waals surface area contributed by atoms with Gasteiger partial charge in [-0.3, -0.25) is 9.59 Å². The van der Waals surface area contributed by atoms with Crippen molar-refractivity contribution in [2.45, 2.75) is 37.5 Å². The van der Waals surface area contributed by atoms with E-state index in [0.717, 1.165) is 0 Å². The number of carboxylic acid groups (broad SMARTS) is 3. The monoisotopic (exact) mass is 322 g/mol. The number of rotatable bonds is 13. The van der Waals surface area contributed by atoms with Crippen molar-refractivity contribution in [1.82, 2.24) is 10.6 Å². The largest absolute Gasteiger partial charge is 0.480 e. The highest BCUT2D eigenvalue weighted by Gasteiger charge is 2.20. The van der Waals surface area contributed by atoms with Crippen LogP contribution in [0.5, 0.6) is 0 Å². The first-order chi connectivity index (χ1) is 10.3. The van der Waals surface area contributed by atoms with Gasteiger partial charge >= 0.3 is 17.9 Å². The highest BCUT2D eigenvalue weighted by molar-refractivity contribution is 5.74. The van der Waals surface area contributed by atoms with Crippen LogP contribution in [0.25, 0.3) is 0 Å². The van der Waals surface area contributed by atoms with Crippen molar-refractivity contribution in [1.29, 1.82) is 0 Å². The minimum atomic E-state index is -1.57. The molecule has 0 spiro atoms. The second-order valence-electron chi connectivity index (χ2n) is 4.63. The molecule has 10 heteroatoms. The van der Waals surface area contributed by atoms with Gasteiger partial charge in [0.25, 0.3) is 0 Å². The van der Waals surface area contributed by atoms with Crippen LogP contribution < -0.4 is 10.6 Å². The summed E-state index contributed by atoms with van der Waals surface area (Å²) in [5.41, 5.74) is 0. The first kappa shape index (κ1) is 20.2. The van der Waals surface area contributed by atoms with E-state index in [0.29, 0.717) is 0 Å². The van der Waals surface area contributed by atoms with Gasteiger partial charge in [-0.2, -0.15) is 0 Å². The van der Waals surface area contributed by atoms with Crippen LogP contribution in [0.4, 0.5) is 0 Å². The molecule has 22 heavy (non-hydrogen) atoms. The van der Waals surface area contributed by atoms with E-state index in [4.69, 9.17) is 25.5 Å². The Morgan fingerprint density at radius 3 is 1.64 bits per heavy atom. The fourth-order valence-electron chi connectivity index (χ4n) is 1.67. The molecule has 0 amide bonds. The molecule has 128 valence electrons. The van der Waals surface area contributed by atoms with Gasteiger partial charge in [0.1, 0.15) is 12.1 Å². The SMILES string of the molecule is O=C(O)[C@H](O)CCN[C@H](CCN[C@H](CCO)C(=O)O)C(=O)O. The fraction of sp³-hybridized carbons (Fsp3) is 0.750. The molecule has 0 heterocycles. The third-order valence-electron chi connectivity index (χ3n) is 2.93. The van der Waals surface area contributed by atoms with Gasteiger partial charge in [0.15, 0.2) is 6.10 Å². The third kappa shape index (κ3) is 8.52. The number of aliphatic hydroxyl groups excluding tert-OH is 2. The van der Waals surface area contributed by atoms with Crippen LogP contribution in [0.15, 0.2) is 0 Å². The molecule has 0 aliphatic carbocycles. The van der Waals surface area contributed by atoms with E-state index < -0.39 is 36.1 Å². The number of hydrogen-bond acceptors (Lipinski definition) is 7. The molecular formula is C12H22N2O8. The number of carbonyl (C=O) groups is 3. The summed E-state index contributed by atoms with van der Waals surface area (Å²) in [5, 5.41) is 49.3. The second kappa shape index (κ2) is 10.9. The Bertz CT molecular complexity index is 376. The molecular weight excluding hydrogens is 300 g/mol. The molecule has 0 aliphatic heterocycles. The van der Waals surface area contributed by atoms with Gasteiger partial charge in [0.2, 0.25) is 0 Å². The van der Waals surface area contributed by atoms with Gasteiger partial charge in [-0.15, -0.1) is 0 Å². The van der Waals surface area contributed by atoms with E-state index in [1.165, 1.54) is 0 Å². The Morgan fingerprint density at radius 1 is 0.773 bits per heavy atom. The maximum absolute atomic E-state index is 11.0. The van der Waals surface area contributed by atoms with Crippen molar-refractivity contribution in [2.75, 3.05) is 19.7 Å². The Morgan fingerprint density at radius 2 is 1.23 bits per heavy atom. The Hall–Kier alpha value is -1.75. The van der Waals surface area contributed by atoms with Crippen LogP contribution in [0.2, 0.25) is 0 Å². The second-order valence-corrected chi connectivity index (χ2v) is 4.63. The molecule has 0 aromatic carbocycles. The predicted octanol–water partition coefficient (Wildman–Crippen LogP) is -2.32. The van der Waals surface area contributed by atoms with E-state index >= 15 is 0 Å². The third-order valence-corrected chi connectivity index (χ3v) is 2.93. The molecule has 0 aromatic rings. The molecule has 3 atom stereocenters. The molecule has 0 aliphatic rings. The summed E-state index contributed by atoms with van der Waals surface area (Å²) >= 11 is 0. The minimum Gasteiger partial charge on any atom is -0.480 e. The summed E-state index contributed by atoms with van der Waals surface area (Å²) < 4.78 is 0. The normalized spacial score (nSPS) is 15.0. The summed E-state index contributed by atoms with van der Waals surface area (Å²) in [6, 6.07) is -1.97. The maximum atomic E-state index is 11.0. The van der Waals surface area contributed by atoms with Crippen LogP contribution in [-0.2, 0) is 14.4 Å². The number of aliphatic carboxylic acids is 3. The smallest absolute Gasteiger partial charge is 0.332 e. The van der Waals surface area contributed by atoms with E-state index in [1.807, 2.05) is 0 Å². The highest BCUT2D eigenvalue weighted by Crippen LogP contribution is 1.97. The average molecular weight is 322 g/mol. The van der Waals surface area contributed by atoms with Gasteiger partial charge < -0.3 is 36.2 Å². The van der Waals surface area contributed by atoms with E-state index in [-0.39, 0.29) is 39.0 Å². The van der Waals surface area contributed by atoms with Gasteiger partial charge in [0.05, 0.1) is 0 Å². The van der Waals surface area contributed by atoms with Crippen molar-refractivity contribution in [3.05, 3.63) is 0 Å². The Balaban J connectivity index is 4.17. The summed E-state index contributed by atoms with van der Waals surface area (Å²) in [5.74, 6) is -3.69. The van der Waals surface area contributed by atoms with Crippen molar-refractivity contribution < 1.29 is 39.9 Å². The lowest BCUT2D eigenvalue weighted by molar-refractivity contribution is -0.146. The first-order valence-electron chi connectivity index (χ1n) is 6.73. The minimum absolute atomic E-state index is 0.00526. The quantitative estimate of drug-likeness (QED) is 0.195. The summed E-state index contributed by atoms with van der Waals surface area (Å²) in [4.78, 5) is 32.2. The van der Waals surface area contributed by atoms with Gasteiger partial charge in [-0.25, -0.2) is 4.79 Å². The molecule has 0 radical (unpaired) electrons. The lowest BCUT2D eigenvalue weighted by Gasteiger charge is -2.17. The molecule has 0 rings (SSSR count). The molecule has 0 bridgehead atoms. The van der Waals surface area contributed by atoms with Crippen LogP contribution in [-0.4, -0.2) is 81.3 Å². The van der Waals surface area contributed by atoms with Crippen LogP contribution in [0, 0.1) is 0 Å². The lowest BCUT2D eigenvalue weighted by atomic mass is 10.1. The zero-order chi connectivity index (χ0) is 17.1. The predicted molar refractivity (Wildman–Crippen MR) is 73.4 cm³/mol. The topological polar surface area (TPSA) is 176 Å². The number of nitrogens with one attached hydrogen (secondary N) is 2. The molecule has 0 unspecified atom stereocenters. The fourth-order valence-corrected chi connectivity index (χ4v) is 1.67. The zero-order valence-corrected chi connectivity index (χ0v) is 11.9. The van der Waals surface area contributed by atoms with Gasteiger partial charge in [-0.1, -0.05) is 0 Å². The summed E-state index contributed by atoms with van der Waals surface area (Å²) in [6.45, 7) is -0.233. The van der Waals surface area contributed by atoms with Crippen LogP contribution in [0.3, 0.4) is 0 Å². The van der Waals surface area contributed by atoms with Crippen molar-refractivity contribution in [3.63, 3.8) is 0 Å². The summed E-state index contributed by atoms with van der Waals surface area (Å²) in [6.07, 6.45) is -1.64. The van der Waals surface area contributed by atoms with E-state index in [2.05, 4.69) is 10.6 Å². The Kier molecular flexibility index (Phi) is 10.0. The number of aliphatic hydroxyl groups is 2. The highest BCUT2D eigenvalue weighted by atomic mass is 16.4. The van der Waals surface area contributed by atoms with E-state index in [9.17, 15) is 14.4 Å². The van der Waals surface area contributed by atoms with E-state index in [1.54, 1.807) is 0 Å². The molecule has 0 fully saturated rings. The number of hydrogen-bond donors (Lipinski definition) is 7. The van der Waals surface area contributed by atoms with Crippen LogP contribution >= 0.6 is 0 Å². The molecule has 7 N–H and O–H groups in total. The molecule has 10 nitrogen and oxygen atoms in total. The van der Waals surface area contributed by atoms with Gasteiger partial charge in [0, 0.05) is 6.61 Å². The van der Waals surface area contributed by atoms with Crippen molar-refractivity contribution in [2.24, 2.45) is 0 Å². The molecule has 0 aromatic heterocycles. The standard InChI is InChI=1S/C12H22N2O8/c15-6-3-8(11(19)20)13-4-1-7(10(17)18)14-5-2-9(16)12(21)22/h7-9,13-16H,1-6H2,(H,17,18)(H,19,20)(H,21,22)/t7-,8-,9-/m1/s1. The zero-order valence-electron chi connectivity index (χ0n) is 11.9. The molecule has 0 saturated heterocycles. The van der Waals surface area contributed by atoms with Crippen molar-refractivity contribution in [3.8, 4) is 0 Å². The van der Waals surface area contributed by atoms with Crippen molar-refractivity contribution >= 4 is 17.9 Å². The average Bonchev–Trinajstić information content (AvgIpc) is 2.43. The van der Waals surface area contributed by atoms with Crippen LogP contribution in [0.1, 0.15) is 19.3 Å². The molecule has 0 saturated carbocycles. The number of carboxylic acids is 3. The summed E-state index contributed by atoms with van der Waals surface area (Å²) in [7, 11) is 0. The first-order valence-corrected chi connectivity index (χ1v) is 6.73. The van der Waals surface area contributed by atoms with Gasteiger partial charge in [-0.05, 0) is 32.4 Å². The lowest BCUT2D eigenvalue weighted by Crippen LogP contribution is -2.44. The maximum Gasteiger partial charge on any atom is 0.332 e. The Labute approximate surface area is 126 Å².